The van der Waals surface area contributed by atoms with Crippen molar-refractivity contribution in [2.75, 3.05) is 46.8 Å². The number of ketones is 1. The summed E-state index contributed by atoms with van der Waals surface area (Å²) in [7, 11) is 3.78. The second kappa shape index (κ2) is 11.6. The Morgan fingerprint density at radius 1 is 1.08 bits per heavy atom. The first-order chi connectivity index (χ1) is 18.4. The van der Waals surface area contributed by atoms with E-state index in [9.17, 15) is 32.3 Å². The number of Topliss-reactive ketones (excluding diaryl/α,β-unsaturated/α-hetero) is 1. The number of nitrogens with zero attached hydrogens (tertiary/aromatic N) is 3. The summed E-state index contributed by atoms with van der Waals surface area (Å²) in [4.78, 5) is 32.8. The van der Waals surface area contributed by atoms with Gasteiger partial charge in [0.05, 0.1) is 5.92 Å². The number of hydrogen-bond donors (Lipinski definition) is 1. The first-order valence-electron chi connectivity index (χ1n) is 13.2. The lowest BCUT2D eigenvalue weighted by atomic mass is 9.69. The number of carbonyl (C=O) groups excluding carboxylic acids is 2. The summed E-state index contributed by atoms with van der Waals surface area (Å²) in [6.07, 6.45) is -4.49. The van der Waals surface area contributed by atoms with E-state index in [1.165, 1.54) is 24.3 Å². The number of halogens is 4. The largest absolute Gasteiger partial charge is 0.508 e. The highest BCUT2D eigenvalue weighted by atomic mass is 19.4. The molecule has 2 aliphatic heterocycles. The highest BCUT2D eigenvalue weighted by Crippen LogP contribution is 2.43. The minimum atomic E-state index is -4.56. The third kappa shape index (κ3) is 6.27. The van der Waals surface area contributed by atoms with Gasteiger partial charge in [0.2, 0.25) is 5.91 Å². The lowest BCUT2D eigenvalue weighted by molar-refractivity contribution is -0.185. The van der Waals surface area contributed by atoms with Crippen molar-refractivity contribution >= 4 is 11.7 Å². The number of piperidine rings is 1. The minimum Gasteiger partial charge on any atom is -0.508 e. The van der Waals surface area contributed by atoms with Crippen LogP contribution in [0.2, 0.25) is 0 Å². The van der Waals surface area contributed by atoms with Gasteiger partial charge in [0.1, 0.15) is 17.6 Å². The second-order valence-electron chi connectivity index (χ2n) is 10.9. The number of carbonyl (C=O) groups is 2. The highest BCUT2D eigenvalue weighted by molar-refractivity contribution is 5.99. The number of alkyl halides is 3. The van der Waals surface area contributed by atoms with Crippen molar-refractivity contribution in [3.05, 3.63) is 65.0 Å². The molecule has 0 aliphatic carbocycles. The molecule has 2 aliphatic rings. The van der Waals surface area contributed by atoms with Crippen LogP contribution in [0.25, 0.3) is 0 Å². The highest BCUT2D eigenvalue weighted by Gasteiger charge is 2.52. The zero-order chi connectivity index (χ0) is 28.5. The van der Waals surface area contributed by atoms with Crippen LogP contribution < -0.4 is 0 Å². The second-order valence-corrected chi connectivity index (χ2v) is 10.9. The molecule has 2 aromatic carbocycles. The number of phenols is 1. The predicted molar refractivity (Wildman–Crippen MR) is 139 cm³/mol. The first kappa shape index (κ1) is 29.0. The smallest absolute Gasteiger partial charge is 0.408 e. The van der Waals surface area contributed by atoms with E-state index in [1.807, 2.05) is 23.9 Å². The molecular formula is C29H35F4N3O3. The van der Waals surface area contributed by atoms with Gasteiger partial charge in [0.25, 0.3) is 0 Å². The Labute approximate surface area is 226 Å². The average Bonchev–Trinajstić information content (AvgIpc) is 3.39. The van der Waals surface area contributed by atoms with Crippen molar-refractivity contribution in [3.63, 3.8) is 0 Å². The Kier molecular flexibility index (Phi) is 8.66. The molecule has 6 nitrogen and oxygen atoms in total. The Morgan fingerprint density at radius 3 is 2.44 bits per heavy atom. The van der Waals surface area contributed by atoms with E-state index in [0.29, 0.717) is 18.7 Å². The molecule has 2 heterocycles. The van der Waals surface area contributed by atoms with Crippen LogP contribution in [0.15, 0.2) is 42.5 Å². The molecule has 2 aromatic rings. The van der Waals surface area contributed by atoms with Crippen LogP contribution in [0.1, 0.15) is 40.2 Å². The van der Waals surface area contributed by atoms with Crippen molar-refractivity contribution in [2.45, 2.75) is 37.9 Å². The van der Waals surface area contributed by atoms with Gasteiger partial charge in [-0.1, -0.05) is 24.3 Å². The van der Waals surface area contributed by atoms with Gasteiger partial charge >= 0.3 is 6.18 Å². The summed E-state index contributed by atoms with van der Waals surface area (Å²) in [5.74, 6) is -4.29. The molecule has 0 radical (unpaired) electrons. The molecule has 10 heteroatoms. The van der Waals surface area contributed by atoms with E-state index in [1.54, 1.807) is 25.1 Å². The topological polar surface area (TPSA) is 64.1 Å². The van der Waals surface area contributed by atoms with Crippen LogP contribution in [0.3, 0.4) is 0 Å². The minimum absolute atomic E-state index is 0.0166. The number of likely N-dealkylation sites (N-methyl/N-ethyl adjacent to an activating group) is 1. The normalized spacial score (nSPS) is 24.4. The lowest BCUT2D eigenvalue weighted by Gasteiger charge is -2.45. The third-order valence-corrected chi connectivity index (χ3v) is 8.01. The number of hydrogen-bond acceptors (Lipinski definition) is 5. The number of likely N-dealkylation sites (tertiary alicyclic amines) is 2. The number of benzene rings is 2. The molecular weight excluding hydrogens is 514 g/mol. The van der Waals surface area contributed by atoms with Gasteiger partial charge in [-0.2, -0.15) is 13.2 Å². The summed E-state index contributed by atoms with van der Waals surface area (Å²) in [5, 5.41) is 10.0. The number of aromatic hydroxyl groups is 1. The Hall–Kier alpha value is -2.98. The van der Waals surface area contributed by atoms with Gasteiger partial charge in [0.15, 0.2) is 5.78 Å². The van der Waals surface area contributed by atoms with Crippen LogP contribution in [-0.2, 0) is 4.79 Å². The van der Waals surface area contributed by atoms with E-state index in [-0.39, 0.29) is 55.1 Å². The van der Waals surface area contributed by atoms with Crippen LogP contribution in [-0.4, -0.2) is 90.5 Å². The Bertz CT molecular complexity index is 1200. The van der Waals surface area contributed by atoms with E-state index < -0.39 is 41.7 Å². The third-order valence-electron chi connectivity index (χ3n) is 8.01. The van der Waals surface area contributed by atoms with Crippen LogP contribution in [0.4, 0.5) is 17.6 Å². The lowest BCUT2D eigenvalue weighted by Crippen LogP contribution is -2.56. The van der Waals surface area contributed by atoms with Crippen LogP contribution in [0.5, 0.6) is 5.75 Å². The summed E-state index contributed by atoms with van der Waals surface area (Å²) in [6, 6.07) is 8.45. The van der Waals surface area contributed by atoms with Gasteiger partial charge in [-0.15, -0.1) is 0 Å². The maximum atomic E-state index is 14.8. The number of amides is 1. The van der Waals surface area contributed by atoms with E-state index in [0.717, 1.165) is 4.90 Å². The molecule has 0 unspecified atom stereocenters. The van der Waals surface area contributed by atoms with Crippen molar-refractivity contribution in [1.82, 2.24) is 14.7 Å². The molecule has 0 bridgehead atoms. The Balaban J connectivity index is 1.82. The van der Waals surface area contributed by atoms with Gasteiger partial charge in [-0.3, -0.25) is 9.59 Å². The van der Waals surface area contributed by atoms with Gasteiger partial charge < -0.3 is 19.8 Å². The molecule has 4 rings (SSSR count). The first-order valence-corrected chi connectivity index (χ1v) is 13.2. The SMILES string of the molecule is Cc1c(F)cccc1[C@H]1[C@@H](C(=O)c2cccc(O)c2)CN(CCN(C)C)C[C@@H]1C(=O)N1CCC[C@H]1C(F)(F)F. The predicted octanol–water partition coefficient (Wildman–Crippen LogP) is 4.47. The van der Waals surface area contributed by atoms with Crippen LogP contribution >= 0.6 is 0 Å². The Morgan fingerprint density at radius 2 is 1.77 bits per heavy atom. The fourth-order valence-electron chi connectivity index (χ4n) is 6.02. The molecule has 0 aromatic heterocycles. The molecule has 1 amide bonds. The average molecular weight is 550 g/mol. The maximum absolute atomic E-state index is 14.8. The van der Waals surface area contributed by atoms with Gasteiger partial charge in [-0.05, 0) is 63.2 Å². The van der Waals surface area contributed by atoms with Crippen molar-refractivity contribution in [3.8, 4) is 5.75 Å². The number of rotatable bonds is 7. The molecule has 2 fully saturated rings. The monoisotopic (exact) mass is 549 g/mol. The van der Waals surface area contributed by atoms with Crippen molar-refractivity contribution in [2.24, 2.45) is 11.8 Å². The fraction of sp³-hybridized carbons (Fsp3) is 0.517. The van der Waals surface area contributed by atoms with E-state index in [2.05, 4.69) is 0 Å². The molecule has 2 saturated heterocycles. The van der Waals surface area contributed by atoms with Gasteiger partial charge in [-0.25, -0.2) is 4.39 Å². The zero-order valence-corrected chi connectivity index (χ0v) is 22.4. The van der Waals surface area contributed by atoms with E-state index in [4.69, 9.17) is 0 Å². The standard InChI is InChI=1S/C29H35F4N3O3/c1-18-21(9-5-10-24(18)30)26-22(27(38)19-7-4-8-20(37)15-19)16-35(14-13-34(2)3)17-23(26)28(39)36-12-6-11-25(36)29(31,32)33/h4-5,7-10,15,22-23,25-26,37H,6,11-14,16-17H2,1-3H3/t22-,23-,25-,26-/m0/s1. The quantitative estimate of drug-likeness (QED) is 0.408. The molecule has 1 N–H and O–H groups in total. The van der Waals surface area contributed by atoms with E-state index >= 15 is 0 Å². The van der Waals surface area contributed by atoms with Crippen molar-refractivity contribution < 1.29 is 32.3 Å². The van der Waals surface area contributed by atoms with Crippen molar-refractivity contribution in [1.29, 1.82) is 0 Å². The summed E-state index contributed by atoms with van der Waals surface area (Å²) < 4.78 is 56.5. The summed E-state index contributed by atoms with van der Waals surface area (Å²) >= 11 is 0. The molecule has 39 heavy (non-hydrogen) atoms. The summed E-state index contributed by atoms with van der Waals surface area (Å²) in [6.45, 7) is 3.06. The molecule has 4 atom stereocenters. The molecule has 0 spiro atoms. The fourth-order valence-corrected chi connectivity index (χ4v) is 6.02. The molecule has 0 saturated carbocycles. The summed E-state index contributed by atoms with van der Waals surface area (Å²) in [5.41, 5.74) is 0.945. The van der Waals surface area contributed by atoms with Crippen LogP contribution in [0, 0.1) is 24.6 Å². The van der Waals surface area contributed by atoms with Gasteiger partial charge in [0, 0.05) is 50.1 Å². The maximum Gasteiger partial charge on any atom is 0.408 e. The molecule has 212 valence electrons. The zero-order valence-electron chi connectivity index (χ0n) is 22.4. The number of phenolic OH excluding ortho intramolecular Hbond substituents is 1.